The summed E-state index contributed by atoms with van der Waals surface area (Å²) in [6, 6.07) is 40.7. The molecular weight excluding hydrogens is 1470 g/mol. The summed E-state index contributed by atoms with van der Waals surface area (Å²) >= 11 is 10.9. The molecule has 0 bridgehead atoms. The average molecular weight is 1550 g/mol. The Morgan fingerprint density at radius 3 is 1.22 bits per heavy atom. The van der Waals surface area contributed by atoms with Crippen molar-refractivity contribution in [3.8, 4) is 44.5 Å². The zero-order valence-electron chi connectivity index (χ0n) is 58.6. The number of aromatic nitrogens is 12. The van der Waals surface area contributed by atoms with Crippen LogP contribution in [0, 0.1) is 51.0 Å². The summed E-state index contributed by atoms with van der Waals surface area (Å²) in [6.07, 6.45) is 17.3. The first kappa shape index (κ1) is 83.0. The molecule has 0 aliphatic heterocycles. The third kappa shape index (κ3) is 29.0. The third-order valence-electron chi connectivity index (χ3n) is 15.0. The van der Waals surface area contributed by atoms with Gasteiger partial charge in [0.2, 0.25) is 21.3 Å². The second kappa shape index (κ2) is 45.1. The Labute approximate surface area is 631 Å². The number of benzene rings is 4. The number of halogens is 7. The summed E-state index contributed by atoms with van der Waals surface area (Å²) in [5.74, 6) is 3.74. The molecule has 0 atom stereocenters. The Morgan fingerprint density at radius 1 is 0.462 bits per heavy atom. The van der Waals surface area contributed by atoms with Crippen LogP contribution in [0.3, 0.4) is 0 Å². The van der Waals surface area contributed by atoms with E-state index in [0.717, 1.165) is 167 Å². The molecule has 1 amide bonds. The monoisotopic (exact) mass is 1550 g/mol. The van der Waals surface area contributed by atoms with Crippen molar-refractivity contribution in [2.45, 2.75) is 112 Å². The van der Waals surface area contributed by atoms with Gasteiger partial charge in [0.15, 0.2) is 5.13 Å². The number of anilines is 7. The van der Waals surface area contributed by atoms with Gasteiger partial charge in [-0.3, -0.25) is 14.8 Å². The molecule has 0 saturated carbocycles. The number of carbonyl (C=O) groups excluding carboxylic acids is 2. The minimum atomic E-state index is -0.343. The van der Waals surface area contributed by atoms with Crippen LogP contribution in [0.5, 0.6) is 0 Å². The maximum atomic E-state index is 13.3. The number of carbonyl (C=O) groups is 2. The standard InChI is InChI=1S/C24H29FN4O2S.C22H26FN5O2S.C14H11FN4S.C11H7ClFN.C3H5N3S.F2/c1-3-31-23(30)9-7-5-4-6-8-16-29(24-27-18(2)28-32-24)22-17-20(14-15-26-22)19-10-12-21(25)13-11-19;1-16-25-22(31-27-16)28(14-6-4-2-3-5-7-21(29)26-30)20-15-18(12-13-24-20)17-8-10-19(23)11-9-17;1-9-17-14(20-19-9)18-13-8-11(6-7-16-13)10-2-4-12(15)5-3-10;12-11-7-9(5-6-14-11)8-1-3-10(13)4-2-8;1-2-5-3(4)7-6-2;1-2/h10-15,17H,3-9,16H2,1-2H3;8-13,15,30H,2-7,14H2,1H3,(H,26,29);2-8H,1H3,(H,16,17,18,19);1-7H;1H3,(H2,4,5,6);. The number of pyridine rings is 4. The van der Waals surface area contributed by atoms with Gasteiger partial charge in [-0.25, -0.2) is 62.9 Å². The molecular formula is C74H78ClF6N17O4S4. The third-order valence-corrected chi connectivity index (χ3v) is 18.2. The van der Waals surface area contributed by atoms with Crippen molar-refractivity contribution in [3.63, 3.8) is 0 Å². The molecule has 5 N–H and O–H groups in total. The van der Waals surface area contributed by atoms with Gasteiger partial charge in [0.25, 0.3) is 0 Å². The first-order chi connectivity index (χ1) is 51.4. The molecule has 0 radical (unpaired) electrons. The minimum absolute atomic E-state index is 0.113. The molecule has 556 valence electrons. The van der Waals surface area contributed by atoms with Gasteiger partial charge >= 0.3 is 5.97 Å². The number of nitrogens with one attached hydrogen (secondary N) is 2. The highest BCUT2D eigenvalue weighted by Gasteiger charge is 2.19. The van der Waals surface area contributed by atoms with Gasteiger partial charge in [-0.2, -0.15) is 17.5 Å². The van der Waals surface area contributed by atoms with Crippen LogP contribution >= 0.6 is 57.7 Å². The fraction of sp³-hybridized carbons (Fsp3) is 0.270. The van der Waals surface area contributed by atoms with E-state index in [1.807, 2.05) is 77.1 Å². The van der Waals surface area contributed by atoms with Crippen LogP contribution in [0.15, 0.2) is 170 Å². The van der Waals surface area contributed by atoms with Crippen molar-refractivity contribution in [2.75, 3.05) is 40.5 Å². The number of hydrogen-bond acceptors (Lipinski definition) is 24. The number of unbranched alkanes of at least 4 members (excludes halogenated alkanes) is 8. The molecule has 0 aliphatic rings. The van der Waals surface area contributed by atoms with E-state index in [2.05, 4.69) is 72.5 Å². The normalized spacial score (nSPS) is 10.4. The first-order valence-electron chi connectivity index (χ1n) is 33.4. The lowest BCUT2D eigenvalue weighted by Crippen LogP contribution is -2.19. The second-order valence-corrected chi connectivity index (χ2v) is 26.4. The van der Waals surface area contributed by atoms with Gasteiger partial charge < -0.3 is 25.6 Å². The predicted molar refractivity (Wildman–Crippen MR) is 408 cm³/mol. The van der Waals surface area contributed by atoms with Crippen LogP contribution in [0.2, 0.25) is 5.15 Å². The molecule has 0 fully saturated rings. The topological polar surface area (TPSA) is 275 Å². The molecule has 0 spiro atoms. The number of nitrogens with two attached hydrogens (primary N) is 1. The van der Waals surface area contributed by atoms with E-state index >= 15 is 0 Å². The van der Waals surface area contributed by atoms with E-state index in [4.69, 9.17) is 36.4 Å². The maximum Gasteiger partial charge on any atom is 0.305 e. The lowest BCUT2D eigenvalue weighted by atomic mass is 10.1. The summed E-state index contributed by atoms with van der Waals surface area (Å²) in [6.45, 7) is 11.2. The van der Waals surface area contributed by atoms with Gasteiger partial charge in [0, 0.05) is 106 Å². The molecule has 12 rings (SSSR count). The van der Waals surface area contributed by atoms with Crippen molar-refractivity contribution in [1.82, 2.24) is 62.8 Å². The Hall–Kier alpha value is -10.3. The fourth-order valence-electron chi connectivity index (χ4n) is 9.94. The Morgan fingerprint density at radius 2 is 0.840 bits per heavy atom. The first-order valence-corrected chi connectivity index (χ1v) is 36.9. The van der Waals surface area contributed by atoms with Gasteiger partial charge in [0.1, 0.15) is 69.2 Å². The van der Waals surface area contributed by atoms with Crippen LogP contribution in [0.25, 0.3) is 44.5 Å². The summed E-state index contributed by atoms with van der Waals surface area (Å²) in [4.78, 5) is 61.0. The summed E-state index contributed by atoms with van der Waals surface area (Å²) in [5, 5.41) is 14.9. The number of nitrogens with zero attached hydrogens (tertiary/aromatic N) is 14. The smallest absolute Gasteiger partial charge is 0.305 e. The van der Waals surface area contributed by atoms with E-state index in [-0.39, 0.29) is 35.1 Å². The molecule has 32 heteroatoms. The van der Waals surface area contributed by atoms with Crippen LogP contribution < -0.4 is 26.3 Å². The van der Waals surface area contributed by atoms with Gasteiger partial charge in [-0.1, -0.05) is 98.7 Å². The highest BCUT2D eigenvalue weighted by atomic mass is 35.5. The van der Waals surface area contributed by atoms with Crippen molar-refractivity contribution >= 4 is 108 Å². The molecule has 12 aromatic rings. The lowest BCUT2D eigenvalue weighted by Gasteiger charge is -2.21. The van der Waals surface area contributed by atoms with Crippen molar-refractivity contribution in [2.24, 2.45) is 0 Å². The lowest BCUT2D eigenvalue weighted by molar-refractivity contribution is -0.143. The van der Waals surface area contributed by atoms with Crippen molar-refractivity contribution < 1.29 is 46.2 Å². The van der Waals surface area contributed by atoms with Crippen LogP contribution in [0.1, 0.15) is 107 Å². The van der Waals surface area contributed by atoms with Crippen LogP contribution in [-0.2, 0) is 14.3 Å². The molecule has 4 aromatic carbocycles. The number of esters is 1. The van der Waals surface area contributed by atoms with Gasteiger partial charge in [-0.05, 0) is 202 Å². The Bertz CT molecular complexity index is 4550. The van der Waals surface area contributed by atoms with Crippen molar-refractivity contribution in [1.29, 1.82) is 0 Å². The highest BCUT2D eigenvalue weighted by molar-refractivity contribution is 7.10. The maximum absolute atomic E-state index is 13.3. The van der Waals surface area contributed by atoms with Crippen LogP contribution in [0.4, 0.5) is 64.7 Å². The van der Waals surface area contributed by atoms with Crippen LogP contribution in [-0.4, -0.2) is 94.1 Å². The Kier molecular flexibility index (Phi) is 35.3. The molecule has 8 aromatic heterocycles. The summed E-state index contributed by atoms with van der Waals surface area (Å²) in [7, 11) is 0. The van der Waals surface area contributed by atoms with E-state index < -0.39 is 0 Å². The number of amides is 1. The number of aryl methyl sites for hydroxylation is 4. The molecule has 106 heavy (non-hydrogen) atoms. The van der Waals surface area contributed by atoms with Crippen molar-refractivity contribution in [3.05, 3.63) is 222 Å². The number of hydrogen-bond donors (Lipinski definition) is 4. The zero-order chi connectivity index (χ0) is 76.0. The molecule has 0 aliphatic carbocycles. The minimum Gasteiger partial charge on any atom is -0.466 e. The second-order valence-electron chi connectivity index (χ2n) is 23.0. The van der Waals surface area contributed by atoms with E-state index in [1.54, 1.807) is 84.9 Å². The van der Waals surface area contributed by atoms with E-state index in [9.17, 15) is 27.2 Å². The average Bonchev–Trinajstić information content (AvgIpc) is 1.28. The number of hydroxylamine groups is 1. The Balaban J connectivity index is 0.000000196. The molecule has 21 nitrogen and oxygen atoms in total. The summed E-state index contributed by atoms with van der Waals surface area (Å²) < 4.78 is 89.7. The fourth-order valence-corrected chi connectivity index (χ4v) is 12.6. The molecule has 0 saturated heterocycles. The van der Waals surface area contributed by atoms with Gasteiger partial charge in [-0.15, -0.1) is 0 Å². The number of ether oxygens (including phenoxy) is 1. The predicted octanol–water partition coefficient (Wildman–Crippen LogP) is 19.7. The number of nitrogen functional groups attached to an aromatic ring is 1. The van der Waals surface area contributed by atoms with Gasteiger partial charge in [0.05, 0.1) is 6.61 Å². The SMILES string of the molecule is CCOC(=O)CCCCCCCN(c1cc(-c2ccc(F)cc2)ccn1)c1nc(C)ns1.Cc1nsc(N(CCCCCCCC(=O)NO)c2cc(-c3ccc(F)cc3)ccn2)n1.Cc1nsc(N)n1.Cc1nsc(Nc2cc(-c3ccc(F)cc3)ccn2)n1.FF.Fc1ccc(-c2ccnc(Cl)c2)cc1. The highest BCUT2D eigenvalue weighted by Crippen LogP contribution is 2.33. The van der Waals surface area contributed by atoms with E-state index in [1.165, 1.54) is 94.7 Å². The summed E-state index contributed by atoms with van der Waals surface area (Å²) in [5.41, 5.74) is 14.4. The zero-order valence-corrected chi connectivity index (χ0v) is 62.6. The largest absolute Gasteiger partial charge is 0.466 e. The van der Waals surface area contributed by atoms with E-state index in [0.29, 0.717) is 40.7 Å². The molecule has 0 unspecified atom stereocenters. The number of rotatable bonds is 27. The molecule has 8 heterocycles. The quantitative estimate of drug-likeness (QED) is 0.00930.